The van der Waals surface area contributed by atoms with Gasteiger partial charge in [0.2, 0.25) is 5.91 Å². The first-order chi connectivity index (χ1) is 29.0. The largest absolute Gasteiger partial charge is 0.466 e. The summed E-state index contributed by atoms with van der Waals surface area (Å²) in [5, 5.41) is 23.1. The van der Waals surface area contributed by atoms with Crippen LogP contribution in [-0.4, -0.2) is 47.4 Å². The van der Waals surface area contributed by atoms with Crippen LogP contribution in [0.15, 0.2) is 36.5 Å². The summed E-state index contributed by atoms with van der Waals surface area (Å²) in [6.45, 7) is 4.79. The van der Waals surface area contributed by atoms with E-state index in [2.05, 4.69) is 43.5 Å². The molecule has 0 rings (SSSR count). The zero-order chi connectivity index (χ0) is 43.0. The fourth-order valence-electron chi connectivity index (χ4n) is 7.67. The molecule has 0 aliphatic rings. The van der Waals surface area contributed by atoms with E-state index in [0.717, 1.165) is 70.6 Å². The van der Waals surface area contributed by atoms with Gasteiger partial charge >= 0.3 is 5.97 Å². The monoisotopic (exact) mass is 830 g/mol. The zero-order valence-corrected chi connectivity index (χ0v) is 39.2. The molecule has 1 amide bonds. The molecule has 0 radical (unpaired) electrons. The second-order valence-electron chi connectivity index (χ2n) is 17.5. The molecule has 0 fully saturated rings. The van der Waals surface area contributed by atoms with Gasteiger partial charge in [0.1, 0.15) is 0 Å². The Kier molecular flexibility index (Phi) is 47.2. The number of carbonyl (C=O) groups excluding carboxylic acids is 2. The van der Waals surface area contributed by atoms with Gasteiger partial charge < -0.3 is 20.3 Å². The third kappa shape index (κ3) is 45.4. The van der Waals surface area contributed by atoms with Gasteiger partial charge in [0, 0.05) is 12.8 Å². The molecular formula is C53H99NO5. The average Bonchev–Trinajstić information content (AvgIpc) is 3.24. The molecule has 346 valence electrons. The van der Waals surface area contributed by atoms with Crippen LogP contribution >= 0.6 is 0 Å². The van der Waals surface area contributed by atoms with Crippen LogP contribution in [0.2, 0.25) is 0 Å². The number of amides is 1. The minimum Gasteiger partial charge on any atom is -0.466 e. The van der Waals surface area contributed by atoms with Gasteiger partial charge in [-0.25, -0.2) is 0 Å². The van der Waals surface area contributed by atoms with Crippen molar-refractivity contribution in [2.45, 2.75) is 276 Å². The summed E-state index contributed by atoms with van der Waals surface area (Å²) in [6, 6.07) is -0.643. The molecule has 0 aliphatic carbocycles. The minimum atomic E-state index is -0.858. The maximum atomic E-state index is 12.4. The van der Waals surface area contributed by atoms with Crippen LogP contribution in [-0.2, 0) is 14.3 Å². The van der Waals surface area contributed by atoms with Crippen molar-refractivity contribution in [2.24, 2.45) is 0 Å². The lowest BCUT2D eigenvalue weighted by Crippen LogP contribution is -2.45. The molecule has 0 aromatic carbocycles. The Labute approximate surface area is 366 Å². The van der Waals surface area contributed by atoms with E-state index < -0.39 is 12.1 Å². The fraction of sp³-hybridized carbons (Fsp3) is 0.849. The second-order valence-corrected chi connectivity index (χ2v) is 17.5. The minimum absolute atomic E-state index is 0.0311. The third-order valence-corrected chi connectivity index (χ3v) is 11.6. The quantitative estimate of drug-likeness (QED) is 0.0323. The molecule has 0 aromatic rings. The Morgan fingerprint density at radius 3 is 1.36 bits per heavy atom. The highest BCUT2D eigenvalue weighted by atomic mass is 16.5. The first-order valence-corrected chi connectivity index (χ1v) is 25.8. The van der Waals surface area contributed by atoms with Crippen LogP contribution in [0.25, 0.3) is 0 Å². The van der Waals surface area contributed by atoms with Crippen molar-refractivity contribution >= 4 is 11.9 Å². The summed E-state index contributed by atoms with van der Waals surface area (Å²) < 4.78 is 5.44. The molecule has 6 heteroatoms. The summed E-state index contributed by atoms with van der Waals surface area (Å²) >= 11 is 0. The Morgan fingerprint density at radius 2 is 0.881 bits per heavy atom. The number of rotatable bonds is 47. The Balaban J connectivity index is 3.53. The standard InChI is InChI=1S/C53H99NO5/c1-3-5-7-9-11-13-15-17-18-19-20-21-23-25-29-33-37-41-45-51(56)50(49-55)54-52(57)46-42-38-34-30-26-24-28-32-36-40-44-48-59-53(58)47-43-39-35-31-27-22-16-14-12-10-8-6-4-2/h8,10,14,16,41,45,50-51,55-56H,3-7,9,11-13,15,17-40,42-44,46-49H2,1-2H3,(H,54,57)/b10-8-,16-14-,45-41+. The van der Waals surface area contributed by atoms with Crippen molar-refractivity contribution in [3.05, 3.63) is 36.5 Å². The summed E-state index contributed by atoms with van der Waals surface area (Å²) in [6.07, 6.45) is 58.5. The smallest absolute Gasteiger partial charge is 0.305 e. The molecular weight excluding hydrogens is 731 g/mol. The Morgan fingerprint density at radius 1 is 0.475 bits per heavy atom. The number of nitrogens with one attached hydrogen (secondary N) is 1. The molecule has 0 aromatic heterocycles. The van der Waals surface area contributed by atoms with E-state index in [0.29, 0.717) is 19.4 Å². The van der Waals surface area contributed by atoms with E-state index in [4.69, 9.17) is 4.74 Å². The maximum absolute atomic E-state index is 12.4. The number of hydrogen-bond acceptors (Lipinski definition) is 5. The topological polar surface area (TPSA) is 95.9 Å². The van der Waals surface area contributed by atoms with Crippen molar-refractivity contribution in [3.63, 3.8) is 0 Å². The van der Waals surface area contributed by atoms with E-state index in [1.165, 1.54) is 167 Å². The van der Waals surface area contributed by atoms with Gasteiger partial charge in [0.25, 0.3) is 0 Å². The number of unbranched alkanes of at least 4 members (excludes halogenated alkanes) is 32. The van der Waals surface area contributed by atoms with Crippen LogP contribution in [0.1, 0.15) is 264 Å². The summed E-state index contributed by atoms with van der Waals surface area (Å²) in [4.78, 5) is 24.4. The lowest BCUT2D eigenvalue weighted by Gasteiger charge is -2.20. The lowest BCUT2D eigenvalue weighted by atomic mass is 10.0. The first-order valence-electron chi connectivity index (χ1n) is 25.8. The normalized spacial score (nSPS) is 12.9. The van der Waals surface area contributed by atoms with E-state index in [1.54, 1.807) is 6.08 Å². The second kappa shape index (κ2) is 48.7. The van der Waals surface area contributed by atoms with Crippen molar-refractivity contribution in [3.8, 4) is 0 Å². The number of aliphatic hydroxyl groups excluding tert-OH is 2. The first kappa shape index (κ1) is 57.1. The molecule has 6 nitrogen and oxygen atoms in total. The molecule has 2 unspecified atom stereocenters. The number of aliphatic hydroxyl groups is 2. The molecule has 0 spiro atoms. The summed E-state index contributed by atoms with van der Waals surface area (Å²) in [5.41, 5.74) is 0. The fourth-order valence-corrected chi connectivity index (χ4v) is 7.67. The number of ether oxygens (including phenoxy) is 1. The third-order valence-electron chi connectivity index (χ3n) is 11.6. The number of carbonyl (C=O) groups is 2. The van der Waals surface area contributed by atoms with E-state index in [-0.39, 0.29) is 18.5 Å². The van der Waals surface area contributed by atoms with Crippen molar-refractivity contribution in [2.75, 3.05) is 13.2 Å². The zero-order valence-electron chi connectivity index (χ0n) is 39.2. The van der Waals surface area contributed by atoms with Crippen LogP contribution in [0.3, 0.4) is 0 Å². The highest BCUT2D eigenvalue weighted by molar-refractivity contribution is 5.76. The summed E-state index contributed by atoms with van der Waals surface area (Å²) in [7, 11) is 0. The lowest BCUT2D eigenvalue weighted by molar-refractivity contribution is -0.143. The van der Waals surface area contributed by atoms with Gasteiger partial charge in [0.05, 0.1) is 25.4 Å². The highest BCUT2D eigenvalue weighted by Crippen LogP contribution is 2.16. The van der Waals surface area contributed by atoms with Gasteiger partial charge in [0.15, 0.2) is 0 Å². The van der Waals surface area contributed by atoms with Gasteiger partial charge in [-0.05, 0) is 57.8 Å². The predicted molar refractivity (Wildman–Crippen MR) is 255 cm³/mol. The molecule has 0 bridgehead atoms. The van der Waals surface area contributed by atoms with E-state index in [1.807, 2.05) is 6.08 Å². The van der Waals surface area contributed by atoms with Crippen LogP contribution in [0.5, 0.6) is 0 Å². The molecule has 0 heterocycles. The highest BCUT2D eigenvalue weighted by Gasteiger charge is 2.18. The summed E-state index contributed by atoms with van der Waals surface area (Å²) in [5.74, 6) is -0.118. The van der Waals surface area contributed by atoms with Crippen LogP contribution < -0.4 is 5.32 Å². The van der Waals surface area contributed by atoms with Gasteiger partial charge in [-0.2, -0.15) is 0 Å². The van der Waals surface area contributed by atoms with E-state index >= 15 is 0 Å². The molecule has 0 aliphatic heterocycles. The maximum Gasteiger partial charge on any atom is 0.305 e. The molecule has 0 saturated heterocycles. The number of esters is 1. The Bertz CT molecular complexity index is 962. The molecule has 3 N–H and O–H groups in total. The van der Waals surface area contributed by atoms with E-state index in [9.17, 15) is 19.8 Å². The Hall–Kier alpha value is -1.92. The predicted octanol–water partition coefficient (Wildman–Crippen LogP) is 15.3. The van der Waals surface area contributed by atoms with Crippen LogP contribution in [0, 0.1) is 0 Å². The number of hydrogen-bond donors (Lipinski definition) is 3. The molecule has 59 heavy (non-hydrogen) atoms. The average molecular weight is 830 g/mol. The molecule has 0 saturated carbocycles. The van der Waals surface area contributed by atoms with Crippen molar-refractivity contribution < 1.29 is 24.5 Å². The van der Waals surface area contributed by atoms with Crippen LogP contribution in [0.4, 0.5) is 0 Å². The SMILES string of the molecule is CCC/C=C\C/C=C\CCCCCCCC(=O)OCCCCCCCCCCCCCC(=O)NC(CO)C(O)/C=C/CCCCCCCCCCCCCCCCCC. The van der Waals surface area contributed by atoms with Gasteiger partial charge in [-0.15, -0.1) is 0 Å². The van der Waals surface area contributed by atoms with Crippen molar-refractivity contribution in [1.82, 2.24) is 5.32 Å². The number of allylic oxidation sites excluding steroid dienone is 5. The molecule has 2 atom stereocenters. The van der Waals surface area contributed by atoms with Gasteiger partial charge in [-0.3, -0.25) is 9.59 Å². The van der Waals surface area contributed by atoms with Gasteiger partial charge in [-0.1, -0.05) is 230 Å². The van der Waals surface area contributed by atoms with Crippen molar-refractivity contribution in [1.29, 1.82) is 0 Å².